The van der Waals surface area contributed by atoms with Crippen molar-refractivity contribution in [2.45, 2.75) is 101 Å². The second kappa shape index (κ2) is 11.6. The molecule has 6 N–H and O–H groups in total. The van der Waals surface area contributed by atoms with Crippen molar-refractivity contribution in [1.29, 1.82) is 0 Å². The fourth-order valence-corrected chi connectivity index (χ4v) is 6.45. The molecule has 1 saturated carbocycles. The number of Topliss-reactive ketones (excluding diaryl/α,β-unsaturated/α-hetero) is 1. The molecular formula is C26H42N2O8. The maximum atomic E-state index is 12.8. The van der Waals surface area contributed by atoms with Crippen molar-refractivity contribution in [3.63, 3.8) is 0 Å². The third-order valence-electron chi connectivity index (χ3n) is 8.74. The first-order valence-corrected chi connectivity index (χ1v) is 13.3. The van der Waals surface area contributed by atoms with Gasteiger partial charge in [0.2, 0.25) is 0 Å². The van der Waals surface area contributed by atoms with E-state index in [0.29, 0.717) is 25.2 Å². The van der Waals surface area contributed by atoms with E-state index in [9.17, 15) is 24.9 Å². The number of allylic oxidation sites excluding steroid dienone is 1. The Labute approximate surface area is 212 Å². The van der Waals surface area contributed by atoms with E-state index in [4.69, 9.17) is 19.9 Å². The largest absolute Gasteiger partial charge is 0.456 e. The molecule has 10 heteroatoms. The first kappa shape index (κ1) is 27.6. The lowest BCUT2D eigenvalue weighted by Crippen LogP contribution is -2.64. The van der Waals surface area contributed by atoms with Gasteiger partial charge in [0.1, 0.15) is 17.5 Å². The van der Waals surface area contributed by atoms with Crippen LogP contribution >= 0.6 is 0 Å². The molecule has 4 rings (SSSR count). The molecule has 3 heterocycles. The maximum Gasteiger partial charge on any atom is 0.336 e. The summed E-state index contributed by atoms with van der Waals surface area (Å²) < 4.78 is 18.5. The van der Waals surface area contributed by atoms with E-state index in [0.717, 1.165) is 25.8 Å². The number of aliphatic hydroxyl groups is 3. The molecule has 0 aromatic carbocycles. The van der Waals surface area contributed by atoms with Crippen molar-refractivity contribution in [2.24, 2.45) is 23.5 Å². The van der Waals surface area contributed by atoms with Gasteiger partial charge in [-0.3, -0.25) is 4.79 Å². The Morgan fingerprint density at radius 2 is 2.06 bits per heavy atom. The second-order valence-corrected chi connectivity index (χ2v) is 11.1. The van der Waals surface area contributed by atoms with Crippen LogP contribution in [-0.2, 0) is 23.8 Å². The first-order valence-electron chi connectivity index (χ1n) is 13.3. The summed E-state index contributed by atoms with van der Waals surface area (Å²) in [6.07, 6.45) is 2.72. The zero-order valence-corrected chi connectivity index (χ0v) is 21.3. The minimum atomic E-state index is -0.991. The summed E-state index contributed by atoms with van der Waals surface area (Å²) in [7, 11) is 0. The third-order valence-corrected chi connectivity index (χ3v) is 8.74. The van der Waals surface area contributed by atoms with Crippen molar-refractivity contribution in [3.8, 4) is 0 Å². The maximum absolute atomic E-state index is 12.8. The predicted molar refractivity (Wildman–Crippen MR) is 130 cm³/mol. The molecule has 0 amide bonds. The zero-order chi connectivity index (χ0) is 26.0. The van der Waals surface area contributed by atoms with Crippen LogP contribution in [0, 0.1) is 17.8 Å². The number of aliphatic hydroxyl groups excluding tert-OH is 3. The van der Waals surface area contributed by atoms with Crippen LogP contribution in [0.3, 0.4) is 0 Å². The molecule has 3 saturated heterocycles. The number of carbonyl (C=O) groups excluding carboxylic acids is 2. The molecule has 1 aliphatic carbocycles. The Hall–Kier alpha value is -1.40. The van der Waals surface area contributed by atoms with Crippen LogP contribution in [-0.4, -0.2) is 89.1 Å². The van der Waals surface area contributed by atoms with Crippen LogP contribution in [0.2, 0.25) is 0 Å². The van der Waals surface area contributed by atoms with Gasteiger partial charge >= 0.3 is 5.97 Å². The molecule has 0 aromatic heterocycles. The van der Waals surface area contributed by atoms with Gasteiger partial charge in [0.05, 0.1) is 55.3 Å². The van der Waals surface area contributed by atoms with Gasteiger partial charge in [0.25, 0.3) is 0 Å². The number of nitrogens with one attached hydrogen (secondary N) is 1. The Morgan fingerprint density at radius 1 is 1.28 bits per heavy atom. The average molecular weight is 511 g/mol. The third kappa shape index (κ3) is 5.70. The fraction of sp³-hybridized carbons (Fsp3) is 0.846. The predicted octanol–water partition coefficient (Wildman–Crippen LogP) is 0.165. The summed E-state index contributed by atoms with van der Waals surface area (Å²) in [5.74, 6) is -1.37. The van der Waals surface area contributed by atoms with E-state index in [1.54, 1.807) is 6.92 Å². The van der Waals surface area contributed by atoms with Crippen molar-refractivity contribution < 1.29 is 39.1 Å². The molecule has 0 spiro atoms. The molecule has 36 heavy (non-hydrogen) atoms. The number of hydrogen-bond acceptors (Lipinski definition) is 10. The lowest BCUT2D eigenvalue weighted by Gasteiger charge is -2.54. The molecule has 8 unspecified atom stereocenters. The second-order valence-electron chi connectivity index (χ2n) is 11.1. The first-order chi connectivity index (χ1) is 17.2. The summed E-state index contributed by atoms with van der Waals surface area (Å²) in [6, 6.07) is 0. The van der Waals surface area contributed by atoms with Gasteiger partial charge in [-0.25, -0.2) is 4.79 Å². The molecule has 204 valence electrons. The van der Waals surface area contributed by atoms with E-state index in [-0.39, 0.29) is 36.7 Å². The van der Waals surface area contributed by atoms with Crippen LogP contribution in [0.15, 0.2) is 11.6 Å². The van der Waals surface area contributed by atoms with Crippen LogP contribution in [0.25, 0.3) is 0 Å². The standard InChI is InChI=1S/C26H42N2O8/c1-3-15(12-29)25(33)35-21-9-17-19(10-20-23(24(17)32)18(31)8-16(13-30)34-20)36-26(21,2)7-6-14-4-5-22(27)28-11-14/h3,14,16-17,19-24,28-30,32H,4-13,27H2,1-2H3/t14?,16?,17?,19?,20?,21-,22?,23?,24?,26-/m0/s1. The number of rotatable bonds is 7. The number of fused-ring (bicyclic) bond motifs is 2. The molecule has 4 aliphatic rings. The van der Waals surface area contributed by atoms with Crippen molar-refractivity contribution in [2.75, 3.05) is 19.8 Å². The summed E-state index contributed by atoms with van der Waals surface area (Å²) >= 11 is 0. The lowest BCUT2D eigenvalue weighted by molar-refractivity contribution is -0.264. The average Bonchev–Trinajstić information content (AvgIpc) is 2.85. The van der Waals surface area contributed by atoms with Gasteiger partial charge in [-0.2, -0.15) is 0 Å². The summed E-state index contributed by atoms with van der Waals surface area (Å²) in [5, 5.41) is 33.7. The van der Waals surface area contributed by atoms with Crippen LogP contribution in [0.5, 0.6) is 0 Å². The van der Waals surface area contributed by atoms with Crippen LogP contribution in [0.4, 0.5) is 0 Å². The number of carbonyl (C=O) groups is 2. The van der Waals surface area contributed by atoms with Crippen molar-refractivity contribution >= 4 is 11.8 Å². The highest BCUT2D eigenvalue weighted by atomic mass is 16.6. The topological polar surface area (TPSA) is 161 Å². The van der Waals surface area contributed by atoms with Crippen LogP contribution in [0.1, 0.15) is 58.8 Å². The van der Waals surface area contributed by atoms with Crippen molar-refractivity contribution in [3.05, 3.63) is 11.6 Å². The molecule has 0 aromatic rings. The monoisotopic (exact) mass is 510 g/mol. The summed E-state index contributed by atoms with van der Waals surface area (Å²) in [5.41, 5.74) is 5.32. The Morgan fingerprint density at radius 3 is 2.69 bits per heavy atom. The Kier molecular flexibility index (Phi) is 8.87. The number of nitrogens with two attached hydrogens (primary N) is 1. The van der Waals surface area contributed by atoms with Gasteiger partial charge in [-0.1, -0.05) is 6.08 Å². The SMILES string of the molecule is CC=C(CO)C(=O)O[C@H]1CC2C(CC3OC(CO)CC(=O)C3C2O)O[C@@]1(C)CCC1CCC(N)NC1. The number of ether oxygens (including phenoxy) is 3. The number of piperidine rings is 1. The molecule has 0 bridgehead atoms. The van der Waals surface area contributed by atoms with E-state index >= 15 is 0 Å². The number of hydrogen-bond donors (Lipinski definition) is 5. The van der Waals surface area contributed by atoms with E-state index in [2.05, 4.69) is 5.32 Å². The Balaban J connectivity index is 1.53. The fourth-order valence-electron chi connectivity index (χ4n) is 6.45. The minimum absolute atomic E-state index is 0.0209. The van der Waals surface area contributed by atoms with E-state index in [1.807, 2.05) is 6.92 Å². The summed E-state index contributed by atoms with van der Waals surface area (Å²) in [6.45, 7) is 3.76. The van der Waals surface area contributed by atoms with E-state index < -0.39 is 54.4 Å². The van der Waals surface area contributed by atoms with Gasteiger partial charge in [0, 0.05) is 18.8 Å². The zero-order valence-electron chi connectivity index (χ0n) is 21.3. The highest BCUT2D eigenvalue weighted by Gasteiger charge is 2.57. The summed E-state index contributed by atoms with van der Waals surface area (Å²) in [4.78, 5) is 25.6. The van der Waals surface area contributed by atoms with Gasteiger partial charge in [-0.15, -0.1) is 0 Å². The lowest BCUT2D eigenvalue weighted by atomic mass is 9.66. The smallest absolute Gasteiger partial charge is 0.336 e. The number of esters is 1. The van der Waals surface area contributed by atoms with Gasteiger partial charge in [-0.05, 0) is 58.4 Å². The molecule has 0 radical (unpaired) electrons. The molecule has 10 nitrogen and oxygen atoms in total. The molecule has 3 aliphatic heterocycles. The molecular weight excluding hydrogens is 468 g/mol. The van der Waals surface area contributed by atoms with Crippen LogP contribution < -0.4 is 11.1 Å². The Bertz CT molecular complexity index is 829. The van der Waals surface area contributed by atoms with Gasteiger partial charge < -0.3 is 40.6 Å². The number of ketones is 1. The highest BCUT2D eigenvalue weighted by molar-refractivity contribution is 5.88. The highest BCUT2D eigenvalue weighted by Crippen LogP contribution is 2.48. The molecule has 10 atom stereocenters. The minimum Gasteiger partial charge on any atom is -0.456 e. The van der Waals surface area contributed by atoms with E-state index in [1.165, 1.54) is 6.08 Å². The quantitative estimate of drug-likeness (QED) is 0.236. The van der Waals surface area contributed by atoms with Gasteiger partial charge in [0.15, 0.2) is 0 Å². The normalized spacial score (nSPS) is 43.4. The van der Waals surface area contributed by atoms with Crippen molar-refractivity contribution in [1.82, 2.24) is 5.32 Å². The molecule has 4 fully saturated rings.